The van der Waals surface area contributed by atoms with E-state index in [1.165, 1.54) is 11.6 Å². The average Bonchev–Trinajstić information content (AvgIpc) is 2.97. The van der Waals surface area contributed by atoms with Gasteiger partial charge in [0.15, 0.2) is 10.9 Å². The number of halogens is 1. The Kier molecular flexibility index (Phi) is 5.96. The van der Waals surface area contributed by atoms with Crippen LogP contribution in [0.2, 0.25) is 0 Å². The summed E-state index contributed by atoms with van der Waals surface area (Å²) in [6.07, 6.45) is 0.892. The highest BCUT2D eigenvalue weighted by Crippen LogP contribution is 2.13. The largest absolute Gasteiger partial charge is 0.362 e. The monoisotopic (exact) mass is 368 g/mol. The van der Waals surface area contributed by atoms with Crippen LogP contribution in [0.4, 0.5) is 10.2 Å². The first kappa shape index (κ1) is 18.1. The lowest BCUT2D eigenvalue weighted by molar-refractivity contribution is 0.581. The maximum Gasteiger partial charge on any atom is 0.172 e. The number of hydrogen-bond donors (Lipinski definition) is 2. The van der Waals surface area contributed by atoms with Crippen molar-refractivity contribution in [3.63, 3.8) is 0 Å². The van der Waals surface area contributed by atoms with E-state index < -0.39 is 0 Å². The molecule has 0 aliphatic rings. The van der Waals surface area contributed by atoms with Crippen molar-refractivity contribution in [1.82, 2.24) is 15.1 Å². The number of aromatic nitrogens is 2. The van der Waals surface area contributed by atoms with Crippen LogP contribution in [0.5, 0.6) is 0 Å². The lowest BCUT2D eigenvalue weighted by Crippen LogP contribution is -2.30. The van der Waals surface area contributed by atoms with Crippen LogP contribution in [-0.2, 0) is 13.0 Å². The van der Waals surface area contributed by atoms with Gasteiger partial charge in [-0.3, -0.25) is 4.68 Å². The second-order valence-corrected chi connectivity index (χ2v) is 6.44. The van der Waals surface area contributed by atoms with E-state index in [1.807, 2.05) is 37.3 Å². The smallest absolute Gasteiger partial charge is 0.172 e. The van der Waals surface area contributed by atoms with Gasteiger partial charge in [-0.25, -0.2) is 4.39 Å². The summed E-state index contributed by atoms with van der Waals surface area (Å²) in [5, 5.41) is 11.3. The molecular weight excluding hydrogens is 347 g/mol. The Morgan fingerprint density at radius 3 is 2.62 bits per heavy atom. The number of aryl methyl sites for hydroxylation is 1. The summed E-state index contributed by atoms with van der Waals surface area (Å²) >= 11 is 5.32. The maximum absolute atomic E-state index is 13.8. The Bertz CT molecular complexity index is 877. The van der Waals surface area contributed by atoms with E-state index in [1.54, 1.807) is 16.8 Å². The maximum atomic E-state index is 13.8. The minimum atomic E-state index is -0.227. The second kappa shape index (κ2) is 8.58. The normalized spacial score (nSPS) is 10.5. The van der Waals surface area contributed by atoms with Crippen molar-refractivity contribution in [1.29, 1.82) is 0 Å². The molecular formula is C20H21FN4S. The molecule has 0 radical (unpaired) electrons. The van der Waals surface area contributed by atoms with Crippen molar-refractivity contribution >= 4 is 23.1 Å². The Balaban J connectivity index is 1.53. The number of nitrogens with zero attached hydrogens (tertiary/aromatic N) is 2. The van der Waals surface area contributed by atoms with Gasteiger partial charge < -0.3 is 10.6 Å². The van der Waals surface area contributed by atoms with Gasteiger partial charge in [0.2, 0.25) is 0 Å². The zero-order valence-electron chi connectivity index (χ0n) is 14.6. The van der Waals surface area contributed by atoms with Crippen molar-refractivity contribution in [2.24, 2.45) is 0 Å². The topological polar surface area (TPSA) is 41.9 Å². The van der Waals surface area contributed by atoms with E-state index in [0.29, 0.717) is 23.0 Å². The summed E-state index contributed by atoms with van der Waals surface area (Å²) < 4.78 is 15.6. The molecule has 2 N–H and O–H groups in total. The van der Waals surface area contributed by atoms with Crippen LogP contribution in [0.3, 0.4) is 0 Å². The van der Waals surface area contributed by atoms with Crippen molar-refractivity contribution in [2.75, 3.05) is 11.9 Å². The first-order chi connectivity index (χ1) is 12.6. The molecule has 4 nitrogen and oxygen atoms in total. The number of rotatable bonds is 6. The summed E-state index contributed by atoms with van der Waals surface area (Å²) in [7, 11) is 0. The fourth-order valence-corrected chi connectivity index (χ4v) is 2.85. The zero-order valence-corrected chi connectivity index (χ0v) is 15.4. The van der Waals surface area contributed by atoms with Crippen molar-refractivity contribution < 1.29 is 4.39 Å². The minimum Gasteiger partial charge on any atom is -0.362 e. The highest BCUT2D eigenvalue weighted by molar-refractivity contribution is 7.80. The van der Waals surface area contributed by atoms with E-state index in [0.717, 1.165) is 18.7 Å². The van der Waals surface area contributed by atoms with Gasteiger partial charge in [-0.15, -0.1) is 0 Å². The molecule has 26 heavy (non-hydrogen) atoms. The number of benzene rings is 2. The van der Waals surface area contributed by atoms with Crippen LogP contribution in [0.15, 0.2) is 60.7 Å². The molecule has 134 valence electrons. The molecule has 0 saturated heterocycles. The highest BCUT2D eigenvalue weighted by atomic mass is 32.1. The molecule has 3 aromatic rings. The van der Waals surface area contributed by atoms with Crippen molar-refractivity contribution in [3.8, 4) is 0 Å². The average molecular weight is 368 g/mol. The number of thiocarbonyl (C=S) groups is 1. The summed E-state index contributed by atoms with van der Waals surface area (Å²) in [6.45, 7) is 3.06. The highest BCUT2D eigenvalue weighted by Gasteiger charge is 2.08. The van der Waals surface area contributed by atoms with Gasteiger partial charge in [0.1, 0.15) is 5.82 Å². The molecule has 1 aromatic heterocycles. The van der Waals surface area contributed by atoms with Gasteiger partial charge in [0, 0.05) is 23.9 Å². The molecule has 0 bridgehead atoms. The van der Waals surface area contributed by atoms with E-state index in [9.17, 15) is 4.39 Å². The third-order valence-corrected chi connectivity index (χ3v) is 4.29. The standard InChI is InChI=1S/C20H21FN4S/c1-15-13-19(24-25(15)14-17-9-5-6-10-18(17)21)23-20(26)22-12-11-16-7-3-2-4-8-16/h2-10,13H,11-12,14H2,1H3,(H2,22,23,24,26). The molecule has 6 heteroatoms. The Morgan fingerprint density at radius 2 is 1.85 bits per heavy atom. The summed E-state index contributed by atoms with van der Waals surface area (Å²) in [4.78, 5) is 0. The molecule has 0 amide bonds. The van der Waals surface area contributed by atoms with Gasteiger partial charge in [-0.1, -0.05) is 48.5 Å². The van der Waals surface area contributed by atoms with Gasteiger partial charge in [-0.2, -0.15) is 5.10 Å². The number of anilines is 1. The molecule has 0 aliphatic carbocycles. The molecule has 0 saturated carbocycles. The summed E-state index contributed by atoms with van der Waals surface area (Å²) in [6, 6.07) is 18.8. The van der Waals surface area contributed by atoms with E-state index >= 15 is 0 Å². The predicted molar refractivity (Wildman–Crippen MR) is 107 cm³/mol. The van der Waals surface area contributed by atoms with Crippen LogP contribution in [0.25, 0.3) is 0 Å². The fraction of sp³-hybridized carbons (Fsp3) is 0.200. The lowest BCUT2D eigenvalue weighted by atomic mass is 10.1. The fourth-order valence-electron chi connectivity index (χ4n) is 2.64. The zero-order chi connectivity index (χ0) is 18.4. The predicted octanol–water partition coefficient (Wildman–Crippen LogP) is 3.91. The SMILES string of the molecule is Cc1cc(NC(=S)NCCc2ccccc2)nn1Cc1ccccc1F. The third kappa shape index (κ3) is 4.89. The number of hydrogen-bond acceptors (Lipinski definition) is 2. The molecule has 0 atom stereocenters. The quantitative estimate of drug-likeness (QED) is 0.648. The van der Waals surface area contributed by atoms with Gasteiger partial charge in [0.05, 0.1) is 6.54 Å². The Hall–Kier alpha value is -2.73. The van der Waals surface area contributed by atoms with E-state index in [4.69, 9.17) is 12.2 Å². The van der Waals surface area contributed by atoms with Crippen LogP contribution in [0.1, 0.15) is 16.8 Å². The molecule has 1 heterocycles. The molecule has 2 aromatic carbocycles. The van der Waals surface area contributed by atoms with Crippen molar-refractivity contribution in [3.05, 3.63) is 83.3 Å². The molecule has 0 unspecified atom stereocenters. The van der Waals surface area contributed by atoms with Crippen LogP contribution in [-0.4, -0.2) is 21.4 Å². The van der Waals surface area contributed by atoms with Crippen LogP contribution in [0, 0.1) is 12.7 Å². The van der Waals surface area contributed by atoms with Gasteiger partial charge >= 0.3 is 0 Å². The minimum absolute atomic E-state index is 0.227. The Morgan fingerprint density at radius 1 is 1.12 bits per heavy atom. The lowest BCUT2D eigenvalue weighted by Gasteiger charge is -2.08. The van der Waals surface area contributed by atoms with Crippen molar-refractivity contribution in [2.45, 2.75) is 19.9 Å². The van der Waals surface area contributed by atoms with Gasteiger partial charge in [-0.05, 0) is 37.2 Å². The molecule has 3 rings (SSSR count). The first-order valence-corrected chi connectivity index (χ1v) is 8.89. The second-order valence-electron chi connectivity index (χ2n) is 6.04. The summed E-state index contributed by atoms with van der Waals surface area (Å²) in [5.74, 6) is 0.422. The molecule has 0 fully saturated rings. The van der Waals surface area contributed by atoms with E-state index in [2.05, 4.69) is 27.9 Å². The van der Waals surface area contributed by atoms with E-state index in [-0.39, 0.29) is 5.82 Å². The van der Waals surface area contributed by atoms with Crippen LogP contribution < -0.4 is 10.6 Å². The molecule has 0 spiro atoms. The molecule has 0 aliphatic heterocycles. The third-order valence-electron chi connectivity index (χ3n) is 4.04. The number of nitrogens with one attached hydrogen (secondary N) is 2. The first-order valence-electron chi connectivity index (χ1n) is 8.48. The van der Waals surface area contributed by atoms with Crippen LogP contribution >= 0.6 is 12.2 Å². The Labute approximate surface area is 158 Å². The van der Waals surface area contributed by atoms with Gasteiger partial charge in [0.25, 0.3) is 0 Å². The summed E-state index contributed by atoms with van der Waals surface area (Å²) in [5.41, 5.74) is 2.80.